The zero-order valence-electron chi connectivity index (χ0n) is 57.2. The van der Waals surface area contributed by atoms with Gasteiger partial charge in [0.25, 0.3) is 0 Å². The maximum atomic E-state index is 12.6. The van der Waals surface area contributed by atoms with Gasteiger partial charge >= 0.3 is 5.97 Å². The van der Waals surface area contributed by atoms with E-state index in [9.17, 15) is 19.8 Å². The second-order valence-electron chi connectivity index (χ2n) is 26.7. The molecule has 0 aromatic heterocycles. The van der Waals surface area contributed by atoms with E-state index in [2.05, 4.69) is 43.5 Å². The van der Waals surface area contributed by atoms with Gasteiger partial charge in [-0.25, -0.2) is 0 Å². The quantitative estimate of drug-likeness (QED) is 0.0320. The molecule has 2 unspecified atom stereocenters. The molecule has 0 aliphatic rings. The summed E-state index contributed by atoms with van der Waals surface area (Å²) in [6, 6.07) is -0.545. The molecule has 0 saturated carbocycles. The lowest BCUT2D eigenvalue weighted by Gasteiger charge is -2.22. The van der Waals surface area contributed by atoms with E-state index in [1.54, 1.807) is 0 Å². The molecule has 0 radical (unpaired) electrons. The average Bonchev–Trinajstić information content (AvgIpc) is 3.52. The second kappa shape index (κ2) is 73.8. The summed E-state index contributed by atoms with van der Waals surface area (Å²) in [5.74, 6) is -0.0169. The van der Waals surface area contributed by atoms with Gasteiger partial charge in [-0.3, -0.25) is 9.59 Å². The summed E-state index contributed by atoms with van der Waals surface area (Å²) in [4.78, 5) is 24.7. The van der Waals surface area contributed by atoms with Gasteiger partial charge in [0.2, 0.25) is 5.91 Å². The van der Waals surface area contributed by atoms with E-state index >= 15 is 0 Å². The van der Waals surface area contributed by atoms with Crippen molar-refractivity contribution in [3.63, 3.8) is 0 Å². The van der Waals surface area contributed by atoms with E-state index < -0.39 is 12.1 Å². The van der Waals surface area contributed by atoms with Crippen molar-refractivity contribution in [2.24, 2.45) is 0 Å². The van der Waals surface area contributed by atoms with Gasteiger partial charge in [-0.1, -0.05) is 391 Å². The molecule has 0 aliphatic carbocycles. The highest BCUT2D eigenvalue weighted by Crippen LogP contribution is 2.20. The highest BCUT2D eigenvalue weighted by atomic mass is 16.5. The van der Waals surface area contributed by atoms with Gasteiger partial charge in [-0.15, -0.1) is 0 Å². The molecule has 6 heteroatoms. The lowest BCUT2D eigenvalue weighted by Crippen LogP contribution is -2.45. The first-order valence-corrected chi connectivity index (χ1v) is 38.6. The molecule has 3 N–H and O–H groups in total. The van der Waals surface area contributed by atoms with Crippen LogP contribution in [0.4, 0.5) is 0 Å². The minimum absolute atomic E-state index is 0.0162. The number of hydrogen-bond donors (Lipinski definition) is 3. The summed E-state index contributed by atoms with van der Waals surface area (Å²) in [6.45, 7) is 5.00. The maximum Gasteiger partial charge on any atom is 0.305 e. The molecule has 84 heavy (non-hydrogen) atoms. The fourth-order valence-electron chi connectivity index (χ4n) is 12.4. The van der Waals surface area contributed by atoms with Crippen molar-refractivity contribution in [3.05, 3.63) is 24.3 Å². The number of esters is 1. The van der Waals surface area contributed by atoms with E-state index in [1.165, 1.54) is 360 Å². The van der Waals surface area contributed by atoms with E-state index in [1.807, 2.05) is 0 Å². The van der Waals surface area contributed by atoms with Gasteiger partial charge in [-0.2, -0.15) is 0 Å². The first-order valence-electron chi connectivity index (χ1n) is 38.6. The van der Waals surface area contributed by atoms with Crippen LogP contribution in [0.3, 0.4) is 0 Å². The van der Waals surface area contributed by atoms with Crippen molar-refractivity contribution >= 4 is 11.9 Å². The van der Waals surface area contributed by atoms with Crippen molar-refractivity contribution in [1.82, 2.24) is 5.32 Å². The number of aliphatic hydroxyl groups is 2. The van der Waals surface area contributed by atoms with Crippen LogP contribution in [0.5, 0.6) is 0 Å². The molecule has 0 saturated heterocycles. The average molecular weight is 1180 g/mol. The molecule has 6 nitrogen and oxygen atoms in total. The predicted octanol–water partition coefficient (Wildman–Crippen LogP) is 25.3. The van der Waals surface area contributed by atoms with Crippen LogP contribution in [-0.4, -0.2) is 47.4 Å². The van der Waals surface area contributed by atoms with Crippen LogP contribution in [0.25, 0.3) is 0 Å². The van der Waals surface area contributed by atoms with E-state index in [4.69, 9.17) is 4.74 Å². The number of amides is 1. The highest BCUT2D eigenvalue weighted by molar-refractivity contribution is 5.76. The summed E-state index contributed by atoms with van der Waals surface area (Å²) >= 11 is 0. The monoisotopic (exact) mass is 1180 g/mol. The van der Waals surface area contributed by atoms with Gasteiger partial charge in [0.05, 0.1) is 25.4 Å². The number of ether oxygens (including phenoxy) is 1. The van der Waals surface area contributed by atoms with E-state index in [0.29, 0.717) is 25.9 Å². The van der Waals surface area contributed by atoms with Crippen LogP contribution in [0.2, 0.25) is 0 Å². The van der Waals surface area contributed by atoms with Gasteiger partial charge in [0, 0.05) is 12.8 Å². The molecule has 0 fully saturated rings. The Hall–Kier alpha value is -1.66. The lowest BCUT2D eigenvalue weighted by molar-refractivity contribution is -0.143. The maximum absolute atomic E-state index is 12.6. The zero-order chi connectivity index (χ0) is 60.6. The van der Waals surface area contributed by atoms with Crippen LogP contribution in [0, 0.1) is 0 Å². The van der Waals surface area contributed by atoms with Gasteiger partial charge < -0.3 is 20.3 Å². The summed E-state index contributed by atoms with van der Waals surface area (Å²) in [6.07, 6.45) is 93.9. The van der Waals surface area contributed by atoms with Crippen LogP contribution >= 0.6 is 0 Å². The molecule has 0 aromatic carbocycles. The van der Waals surface area contributed by atoms with Crippen LogP contribution in [0.15, 0.2) is 24.3 Å². The van der Waals surface area contributed by atoms with E-state index in [0.717, 1.165) is 44.9 Å². The number of allylic oxidation sites excluding steroid dienone is 4. The minimum Gasteiger partial charge on any atom is -0.466 e. The third-order valence-electron chi connectivity index (χ3n) is 18.3. The Morgan fingerprint density at radius 3 is 0.905 bits per heavy atom. The Morgan fingerprint density at radius 2 is 0.595 bits per heavy atom. The third-order valence-corrected chi connectivity index (χ3v) is 18.3. The van der Waals surface area contributed by atoms with Gasteiger partial charge in [-0.05, 0) is 57.8 Å². The van der Waals surface area contributed by atoms with Crippen LogP contribution in [-0.2, 0) is 14.3 Å². The molecule has 0 aliphatic heterocycles. The fraction of sp³-hybridized carbons (Fsp3) is 0.923. The number of carbonyl (C=O) groups is 2. The SMILES string of the molecule is CCCCCCCCCCCCCCCCCCCCCCCCC(O)C(CO)NC(=O)CCCCCCCCCCCCC/C=C\C/C=C\CCCCCCCCCCCOC(=O)CCCCCCCCCCCCCCCCCCCC. The van der Waals surface area contributed by atoms with Crippen molar-refractivity contribution in [3.8, 4) is 0 Å². The fourth-order valence-corrected chi connectivity index (χ4v) is 12.4. The Balaban J connectivity index is 3.40. The molecule has 0 spiro atoms. The molecule has 2 atom stereocenters. The summed E-state index contributed by atoms with van der Waals surface area (Å²) in [5.41, 5.74) is 0. The normalized spacial score (nSPS) is 12.6. The van der Waals surface area contributed by atoms with Crippen molar-refractivity contribution < 1.29 is 24.5 Å². The van der Waals surface area contributed by atoms with Crippen LogP contribution in [0.1, 0.15) is 438 Å². The van der Waals surface area contributed by atoms with Crippen LogP contribution < -0.4 is 5.32 Å². The van der Waals surface area contributed by atoms with Crippen molar-refractivity contribution in [1.29, 1.82) is 0 Å². The predicted molar refractivity (Wildman–Crippen MR) is 370 cm³/mol. The Kier molecular flexibility index (Phi) is 72.3. The Morgan fingerprint density at radius 1 is 0.333 bits per heavy atom. The number of unbranched alkanes of at least 4 members (excludes halogenated alkanes) is 58. The number of aliphatic hydroxyl groups excluding tert-OH is 2. The summed E-state index contributed by atoms with van der Waals surface area (Å²) < 4.78 is 5.51. The third kappa shape index (κ3) is 69.4. The molecule has 0 aromatic rings. The first kappa shape index (κ1) is 82.3. The number of hydrogen-bond acceptors (Lipinski definition) is 5. The van der Waals surface area contributed by atoms with Crippen molar-refractivity contribution in [2.45, 2.75) is 450 Å². The number of carbonyl (C=O) groups excluding carboxylic acids is 2. The molecule has 1 amide bonds. The minimum atomic E-state index is -0.668. The zero-order valence-corrected chi connectivity index (χ0v) is 57.2. The Bertz CT molecular complexity index is 1320. The largest absolute Gasteiger partial charge is 0.466 e. The van der Waals surface area contributed by atoms with Crippen molar-refractivity contribution in [2.75, 3.05) is 13.2 Å². The molecular weight excluding hydrogens is 1030 g/mol. The first-order chi connectivity index (χ1) is 41.5. The van der Waals surface area contributed by atoms with E-state index in [-0.39, 0.29) is 18.5 Å². The number of rotatable bonds is 73. The topological polar surface area (TPSA) is 95.9 Å². The van der Waals surface area contributed by atoms with Gasteiger partial charge in [0.15, 0.2) is 0 Å². The molecular formula is C78H151NO5. The number of nitrogens with one attached hydrogen (secondary N) is 1. The second-order valence-corrected chi connectivity index (χ2v) is 26.7. The lowest BCUT2D eigenvalue weighted by atomic mass is 10.0. The summed E-state index contributed by atoms with van der Waals surface area (Å²) in [5, 5.41) is 23.4. The molecule has 498 valence electrons. The molecule has 0 heterocycles. The standard InChI is InChI=1S/C78H151NO5/c1-3-5-7-9-11-13-15-17-19-21-23-24-32-35-38-42-46-50-54-58-62-66-70-76(81)75(74-80)79-77(82)71-67-63-59-55-51-47-43-39-36-33-30-28-26-25-27-29-31-34-37-41-45-49-53-57-61-65-69-73-84-78(83)72-68-64-60-56-52-48-44-40-22-20-18-16-14-12-10-8-6-4-2/h25-26,29,31,75-76,80-81H,3-24,27-28,30,32-74H2,1-2H3,(H,79,82)/b26-25-,31-29-. The Labute approximate surface area is 526 Å². The highest BCUT2D eigenvalue weighted by Gasteiger charge is 2.20. The van der Waals surface area contributed by atoms with Gasteiger partial charge in [0.1, 0.15) is 0 Å². The smallest absolute Gasteiger partial charge is 0.305 e. The molecule has 0 bridgehead atoms. The molecule has 0 rings (SSSR count). The summed E-state index contributed by atoms with van der Waals surface area (Å²) in [7, 11) is 0.